The number of esters is 2. The first-order valence-corrected chi connectivity index (χ1v) is 8.00. The first kappa shape index (κ1) is 18.9. The number of hydrogen-bond acceptors (Lipinski definition) is 7. The predicted octanol–water partition coefficient (Wildman–Crippen LogP) is 0.442. The first-order chi connectivity index (χ1) is 11.7. The normalized spacial score (nSPS) is 22.8. The Morgan fingerprint density at radius 2 is 2.00 bits per heavy atom. The summed E-state index contributed by atoms with van der Waals surface area (Å²) < 4.78 is 17.1. The van der Waals surface area contributed by atoms with Gasteiger partial charge in [-0.05, 0) is 5.92 Å². The van der Waals surface area contributed by atoms with Crippen molar-refractivity contribution in [2.75, 3.05) is 6.61 Å². The highest BCUT2D eigenvalue weighted by Crippen LogP contribution is 2.31. The molecule has 0 aromatic carbocycles. The maximum atomic E-state index is 12.2. The van der Waals surface area contributed by atoms with Crippen LogP contribution in [0.5, 0.6) is 0 Å². The lowest BCUT2D eigenvalue weighted by atomic mass is 10.1. The number of rotatable bonds is 5. The molecule has 0 unspecified atom stereocenters. The molecular formula is C16H22N2O7. The summed E-state index contributed by atoms with van der Waals surface area (Å²) in [5, 5.41) is 0. The largest absolute Gasteiger partial charge is 0.463 e. The molecule has 1 fully saturated rings. The topological polar surface area (TPSA) is 117 Å². The van der Waals surface area contributed by atoms with Gasteiger partial charge < -0.3 is 14.2 Å². The van der Waals surface area contributed by atoms with E-state index >= 15 is 0 Å². The van der Waals surface area contributed by atoms with E-state index in [9.17, 15) is 19.2 Å². The Morgan fingerprint density at radius 3 is 2.56 bits per heavy atom. The molecule has 0 bridgehead atoms. The number of ether oxygens (including phenoxy) is 3. The monoisotopic (exact) mass is 354 g/mol. The number of aromatic nitrogens is 2. The van der Waals surface area contributed by atoms with Crippen LogP contribution < -0.4 is 11.2 Å². The van der Waals surface area contributed by atoms with E-state index in [1.165, 1.54) is 24.6 Å². The van der Waals surface area contributed by atoms with Crippen LogP contribution in [0.3, 0.4) is 0 Å². The van der Waals surface area contributed by atoms with Gasteiger partial charge in [0.2, 0.25) is 0 Å². The average Bonchev–Trinajstić information content (AvgIpc) is 2.86. The number of carbonyl (C=O) groups excluding carboxylic acids is 2. The van der Waals surface area contributed by atoms with Crippen LogP contribution in [0.15, 0.2) is 15.8 Å². The Bertz CT molecular complexity index is 764. The lowest BCUT2D eigenvalue weighted by Gasteiger charge is -2.21. The molecule has 2 rings (SSSR count). The minimum Gasteiger partial charge on any atom is -0.463 e. The molecule has 138 valence electrons. The Balaban J connectivity index is 2.34. The van der Waals surface area contributed by atoms with Gasteiger partial charge in [-0.1, -0.05) is 13.8 Å². The summed E-state index contributed by atoms with van der Waals surface area (Å²) in [5.41, 5.74) is -0.715. The fourth-order valence-electron chi connectivity index (χ4n) is 2.70. The lowest BCUT2D eigenvalue weighted by molar-refractivity contribution is -0.153. The summed E-state index contributed by atoms with van der Waals surface area (Å²) in [6.07, 6.45) is -0.492. The van der Waals surface area contributed by atoms with E-state index in [4.69, 9.17) is 14.2 Å². The van der Waals surface area contributed by atoms with Gasteiger partial charge in [0.1, 0.15) is 12.7 Å². The van der Waals surface area contributed by atoms with Crippen molar-refractivity contribution in [2.24, 2.45) is 0 Å². The Morgan fingerprint density at radius 1 is 1.32 bits per heavy atom. The summed E-state index contributed by atoms with van der Waals surface area (Å²) in [6.45, 7) is 6.16. The molecule has 9 heteroatoms. The molecule has 1 aliphatic heterocycles. The third kappa shape index (κ3) is 4.56. The Kier molecular flexibility index (Phi) is 5.78. The summed E-state index contributed by atoms with van der Waals surface area (Å²) in [7, 11) is 0. The van der Waals surface area contributed by atoms with Crippen LogP contribution in [0.4, 0.5) is 0 Å². The summed E-state index contributed by atoms with van der Waals surface area (Å²) >= 11 is 0. The van der Waals surface area contributed by atoms with Gasteiger partial charge in [-0.3, -0.25) is 23.9 Å². The number of carbonyl (C=O) groups is 2. The standard InChI is InChI=1S/C16H22N2O7/c1-8(2)12-6-18(16(22)17-14(12)21)15-13(24-10(4)20)5-11(25-15)7-23-9(3)19/h6,8,11,13,15H,5,7H2,1-4H3,(H,17,21,22)/t11-,13-,15-/m1/s1. The van der Waals surface area contributed by atoms with Crippen molar-refractivity contribution in [1.82, 2.24) is 9.55 Å². The van der Waals surface area contributed by atoms with E-state index in [-0.39, 0.29) is 18.9 Å². The van der Waals surface area contributed by atoms with E-state index in [0.717, 1.165) is 0 Å². The molecule has 1 aromatic heterocycles. The second-order valence-corrected chi connectivity index (χ2v) is 6.24. The number of aromatic amines is 1. The molecule has 0 aliphatic carbocycles. The van der Waals surface area contributed by atoms with Gasteiger partial charge in [0, 0.05) is 32.0 Å². The second-order valence-electron chi connectivity index (χ2n) is 6.24. The number of nitrogens with one attached hydrogen (secondary N) is 1. The number of hydrogen-bond donors (Lipinski definition) is 1. The minimum atomic E-state index is -0.911. The fraction of sp³-hybridized carbons (Fsp3) is 0.625. The van der Waals surface area contributed by atoms with Crippen LogP contribution in [-0.4, -0.2) is 40.3 Å². The molecule has 0 amide bonds. The molecule has 0 saturated carbocycles. The van der Waals surface area contributed by atoms with Crippen molar-refractivity contribution in [2.45, 2.75) is 58.5 Å². The highest BCUT2D eigenvalue weighted by Gasteiger charge is 2.40. The molecular weight excluding hydrogens is 332 g/mol. The van der Waals surface area contributed by atoms with Crippen LogP contribution in [0, 0.1) is 0 Å². The summed E-state index contributed by atoms with van der Waals surface area (Å²) in [4.78, 5) is 48.7. The average molecular weight is 354 g/mol. The summed E-state index contributed by atoms with van der Waals surface area (Å²) in [5.74, 6) is -1.09. The van der Waals surface area contributed by atoms with Crippen LogP contribution in [0.25, 0.3) is 0 Å². The van der Waals surface area contributed by atoms with Crippen molar-refractivity contribution in [1.29, 1.82) is 0 Å². The number of nitrogens with zero attached hydrogens (tertiary/aromatic N) is 1. The molecule has 9 nitrogen and oxygen atoms in total. The van der Waals surface area contributed by atoms with Crippen LogP contribution in [0.2, 0.25) is 0 Å². The SMILES string of the molecule is CC(=O)OC[C@H]1C[C@@H](OC(C)=O)[C@H](n2cc(C(C)C)c(=O)[nH]c2=O)O1. The molecule has 1 aromatic rings. The molecule has 1 N–H and O–H groups in total. The third-order valence-electron chi connectivity index (χ3n) is 3.83. The Labute approximate surface area is 143 Å². The zero-order chi connectivity index (χ0) is 18.7. The van der Waals surface area contributed by atoms with Gasteiger partial charge in [0.05, 0.1) is 6.10 Å². The van der Waals surface area contributed by atoms with E-state index in [2.05, 4.69) is 4.98 Å². The summed E-state index contributed by atoms with van der Waals surface area (Å²) in [6, 6.07) is 0. The maximum absolute atomic E-state index is 12.2. The fourth-order valence-corrected chi connectivity index (χ4v) is 2.70. The van der Waals surface area contributed by atoms with E-state index < -0.39 is 41.6 Å². The zero-order valence-corrected chi connectivity index (χ0v) is 14.6. The predicted molar refractivity (Wildman–Crippen MR) is 86.1 cm³/mol. The van der Waals surface area contributed by atoms with Gasteiger partial charge in [0.25, 0.3) is 5.56 Å². The first-order valence-electron chi connectivity index (χ1n) is 8.00. The zero-order valence-electron chi connectivity index (χ0n) is 14.6. The smallest absolute Gasteiger partial charge is 0.330 e. The molecule has 2 heterocycles. The molecule has 1 aliphatic rings. The Hall–Kier alpha value is -2.42. The molecule has 25 heavy (non-hydrogen) atoms. The van der Waals surface area contributed by atoms with Gasteiger partial charge in [-0.25, -0.2) is 4.79 Å². The minimum absolute atomic E-state index is 0.0151. The van der Waals surface area contributed by atoms with Crippen molar-refractivity contribution in [3.63, 3.8) is 0 Å². The van der Waals surface area contributed by atoms with Crippen molar-refractivity contribution < 1.29 is 23.8 Å². The van der Waals surface area contributed by atoms with E-state index in [1.807, 2.05) is 13.8 Å². The molecule has 0 radical (unpaired) electrons. The van der Waals surface area contributed by atoms with Crippen molar-refractivity contribution in [3.8, 4) is 0 Å². The quantitative estimate of drug-likeness (QED) is 0.763. The van der Waals surface area contributed by atoms with Crippen molar-refractivity contribution >= 4 is 11.9 Å². The molecule has 1 saturated heterocycles. The van der Waals surface area contributed by atoms with E-state index in [0.29, 0.717) is 5.56 Å². The maximum Gasteiger partial charge on any atom is 0.330 e. The van der Waals surface area contributed by atoms with Gasteiger partial charge in [0.15, 0.2) is 6.23 Å². The number of H-pyrrole nitrogens is 1. The molecule has 3 atom stereocenters. The highest BCUT2D eigenvalue weighted by atomic mass is 16.6. The van der Waals surface area contributed by atoms with Crippen molar-refractivity contribution in [3.05, 3.63) is 32.6 Å². The third-order valence-corrected chi connectivity index (χ3v) is 3.83. The van der Waals surface area contributed by atoms with Crippen LogP contribution in [-0.2, 0) is 23.8 Å². The van der Waals surface area contributed by atoms with E-state index in [1.54, 1.807) is 0 Å². The van der Waals surface area contributed by atoms with Gasteiger partial charge in [-0.2, -0.15) is 0 Å². The lowest BCUT2D eigenvalue weighted by Crippen LogP contribution is -2.38. The van der Waals surface area contributed by atoms with Crippen LogP contribution in [0.1, 0.15) is 51.8 Å². The highest BCUT2D eigenvalue weighted by molar-refractivity contribution is 5.66. The molecule has 0 spiro atoms. The van der Waals surface area contributed by atoms with Gasteiger partial charge >= 0.3 is 17.6 Å². The van der Waals surface area contributed by atoms with Crippen LogP contribution >= 0.6 is 0 Å². The van der Waals surface area contributed by atoms with Gasteiger partial charge in [-0.15, -0.1) is 0 Å². The second kappa shape index (κ2) is 7.64.